The molecule has 1 aromatic heterocycles. The van der Waals surface area contributed by atoms with Gasteiger partial charge in [-0.25, -0.2) is 4.98 Å². The molecule has 3 rings (SSSR count). The monoisotopic (exact) mass is 218 g/mol. The normalized spacial score (nSPS) is 28.7. The molecule has 84 valence electrons. The van der Waals surface area contributed by atoms with E-state index in [4.69, 9.17) is 0 Å². The first kappa shape index (κ1) is 9.97. The second kappa shape index (κ2) is 3.98. The Labute approximate surface area is 94.6 Å². The molecule has 2 nitrogen and oxygen atoms in total. The van der Waals surface area contributed by atoms with Crippen LogP contribution in [0, 0.1) is 17.8 Å². The Morgan fingerprint density at radius 1 is 1.38 bits per heavy atom. The first-order valence-electron chi connectivity index (χ1n) is 5.86. The first-order valence-corrected chi connectivity index (χ1v) is 5.86. The van der Waals surface area contributed by atoms with Crippen molar-refractivity contribution in [3.8, 4) is 0 Å². The molecule has 0 aromatic carbocycles. The lowest BCUT2D eigenvalue weighted by atomic mass is 9.89. The maximum atomic E-state index is 12.7. The minimum absolute atomic E-state index is 0.401. The maximum absolute atomic E-state index is 12.7. The molecular weight excluding hydrogens is 203 g/mol. The van der Waals surface area contributed by atoms with Gasteiger partial charge in [0.05, 0.1) is 0 Å². The van der Waals surface area contributed by atoms with Crippen molar-refractivity contribution in [3.63, 3.8) is 0 Å². The minimum Gasteiger partial charge on any atom is -0.316 e. The van der Waals surface area contributed by atoms with Crippen molar-refractivity contribution in [2.75, 3.05) is 13.1 Å². The van der Waals surface area contributed by atoms with E-state index >= 15 is 0 Å². The highest BCUT2D eigenvalue weighted by Gasteiger charge is 2.29. The number of fused-ring (bicyclic) bond motifs is 1. The van der Waals surface area contributed by atoms with Crippen LogP contribution in [0.3, 0.4) is 0 Å². The van der Waals surface area contributed by atoms with Crippen LogP contribution in [0.1, 0.15) is 18.4 Å². The molecule has 1 aromatic rings. The second-order valence-electron chi connectivity index (χ2n) is 4.68. The molecule has 0 amide bonds. The van der Waals surface area contributed by atoms with E-state index < -0.39 is 5.95 Å². The zero-order valence-corrected chi connectivity index (χ0v) is 9.12. The zero-order chi connectivity index (χ0) is 11.0. The fourth-order valence-electron chi connectivity index (χ4n) is 2.77. The summed E-state index contributed by atoms with van der Waals surface area (Å²) in [5.74, 6) is 1.04. The summed E-state index contributed by atoms with van der Waals surface area (Å²) in [6.07, 6.45) is 6.33. The van der Waals surface area contributed by atoms with E-state index in [-0.39, 0.29) is 0 Å². The van der Waals surface area contributed by atoms with Crippen molar-refractivity contribution >= 4 is 5.57 Å². The number of halogens is 1. The van der Waals surface area contributed by atoms with Crippen LogP contribution in [0.4, 0.5) is 4.39 Å². The van der Waals surface area contributed by atoms with Gasteiger partial charge in [-0.15, -0.1) is 0 Å². The second-order valence-corrected chi connectivity index (χ2v) is 4.68. The fourth-order valence-corrected chi connectivity index (χ4v) is 2.77. The van der Waals surface area contributed by atoms with E-state index in [1.807, 2.05) is 6.07 Å². The third kappa shape index (κ3) is 1.76. The SMILES string of the molecule is Fc1ccc(C2=CC3CCNCC3C2)cn1. The van der Waals surface area contributed by atoms with E-state index in [9.17, 15) is 4.39 Å². The predicted octanol–water partition coefficient (Wildman–Crippen LogP) is 2.23. The third-order valence-electron chi connectivity index (χ3n) is 3.66. The molecule has 0 radical (unpaired) electrons. The fraction of sp³-hybridized carbons (Fsp3) is 0.462. The van der Waals surface area contributed by atoms with Gasteiger partial charge < -0.3 is 5.32 Å². The summed E-state index contributed by atoms with van der Waals surface area (Å²) in [7, 11) is 0. The number of hydrogen-bond acceptors (Lipinski definition) is 2. The molecule has 1 fully saturated rings. The standard InChI is InChI=1S/C13H15FN2/c14-13-2-1-10(8-16-13)11-5-9-3-4-15-7-12(9)6-11/h1-2,5,8-9,12,15H,3-4,6-7H2. The van der Waals surface area contributed by atoms with Gasteiger partial charge in [0, 0.05) is 6.20 Å². The Morgan fingerprint density at radius 3 is 3.06 bits per heavy atom. The molecule has 0 bridgehead atoms. The van der Waals surface area contributed by atoms with Crippen LogP contribution in [-0.4, -0.2) is 18.1 Å². The van der Waals surface area contributed by atoms with Gasteiger partial charge in [0.15, 0.2) is 0 Å². The number of allylic oxidation sites excluding steroid dienone is 2. The molecular formula is C13H15FN2. The Balaban J connectivity index is 1.83. The van der Waals surface area contributed by atoms with Gasteiger partial charge in [0.2, 0.25) is 5.95 Å². The van der Waals surface area contributed by atoms with Crippen molar-refractivity contribution in [1.29, 1.82) is 0 Å². The quantitative estimate of drug-likeness (QED) is 0.731. The highest BCUT2D eigenvalue weighted by molar-refractivity contribution is 5.67. The van der Waals surface area contributed by atoms with Crippen LogP contribution in [0.15, 0.2) is 24.4 Å². The average Bonchev–Trinajstić information content (AvgIpc) is 2.73. The summed E-state index contributed by atoms with van der Waals surface area (Å²) in [6, 6.07) is 3.27. The molecule has 2 atom stereocenters. The largest absolute Gasteiger partial charge is 0.316 e. The topological polar surface area (TPSA) is 24.9 Å². The van der Waals surface area contributed by atoms with Gasteiger partial charge in [0.25, 0.3) is 0 Å². The van der Waals surface area contributed by atoms with Gasteiger partial charge in [-0.05, 0) is 61.0 Å². The first-order chi connectivity index (χ1) is 7.83. The van der Waals surface area contributed by atoms with E-state index in [1.165, 1.54) is 18.1 Å². The summed E-state index contributed by atoms with van der Waals surface area (Å²) in [4.78, 5) is 3.72. The van der Waals surface area contributed by atoms with Gasteiger partial charge in [-0.2, -0.15) is 4.39 Å². The number of pyridine rings is 1. The summed E-state index contributed by atoms with van der Waals surface area (Å²) in [5, 5.41) is 3.43. The molecule has 2 aliphatic rings. The smallest absolute Gasteiger partial charge is 0.212 e. The molecule has 2 heterocycles. The molecule has 0 saturated carbocycles. The number of nitrogens with zero attached hydrogens (tertiary/aromatic N) is 1. The zero-order valence-electron chi connectivity index (χ0n) is 9.12. The molecule has 1 saturated heterocycles. The van der Waals surface area contributed by atoms with Crippen molar-refractivity contribution in [2.24, 2.45) is 11.8 Å². The van der Waals surface area contributed by atoms with E-state index in [1.54, 1.807) is 6.20 Å². The van der Waals surface area contributed by atoms with E-state index in [0.29, 0.717) is 5.92 Å². The molecule has 0 spiro atoms. The summed E-state index contributed by atoms with van der Waals surface area (Å²) >= 11 is 0. The Hall–Kier alpha value is -1.22. The van der Waals surface area contributed by atoms with Crippen molar-refractivity contribution in [1.82, 2.24) is 10.3 Å². The highest BCUT2D eigenvalue weighted by Crippen LogP contribution is 2.38. The molecule has 1 aliphatic carbocycles. The molecule has 3 heteroatoms. The molecule has 16 heavy (non-hydrogen) atoms. The molecule has 1 N–H and O–H groups in total. The number of rotatable bonds is 1. The van der Waals surface area contributed by atoms with Crippen LogP contribution >= 0.6 is 0 Å². The Bertz CT molecular complexity index is 410. The Kier molecular flexibility index (Phi) is 2.48. The van der Waals surface area contributed by atoms with Crippen LogP contribution in [0.25, 0.3) is 5.57 Å². The van der Waals surface area contributed by atoms with Crippen LogP contribution in [0.5, 0.6) is 0 Å². The molecule has 2 unspecified atom stereocenters. The van der Waals surface area contributed by atoms with Gasteiger partial charge in [-0.1, -0.05) is 6.08 Å². The van der Waals surface area contributed by atoms with Crippen molar-refractivity contribution in [3.05, 3.63) is 35.9 Å². The third-order valence-corrected chi connectivity index (χ3v) is 3.66. The van der Waals surface area contributed by atoms with Crippen LogP contribution in [-0.2, 0) is 0 Å². The van der Waals surface area contributed by atoms with Crippen molar-refractivity contribution in [2.45, 2.75) is 12.8 Å². The van der Waals surface area contributed by atoms with Gasteiger partial charge in [0.1, 0.15) is 0 Å². The molecule has 1 aliphatic heterocycles. The van der Waals surface area contributed by atoms with Crippen LogP contribution < -0.4 is 5.32 Å². The number of hydrogen-bond donors (Lipinski definition) is 1. The van der Waals surface area contributed by atoms with E-state index in [0.717, 1.165) is 31.0 Å². The number of aromatic nitrogens is 1. The predicted molar refractivity (Wildman–Crippen MR) is 61.3 cm³/mol. The summed E-state index contributed by atoms with van der Waals surface area (Å²) < 4.78 is 12.7. The summed E-state index contributed by atoms with van der Waals surface area (Å²) in [6.45, 7) is 2.23. The number of nitrogens with one attached hydrogen (secondary N) is 1. The maximum Gasteiger partial charge on any atom is 0.212 e. The van der Waals surface area contributed by atoms with E-state index in [2.05, 4.69) is 16.4 Å². The lowest BCUT2D eigenvalue weighted by Crippen LogP contribution is -2.33. The Morgan fingerprint density at radius 2 is 2.31 bits per heavy atom. The minimum atomic E-state index is -0.401. The summed E-state index contributed by atoms with van der Waals surface area (Å²) in [5.41, 5.74) is 2.42. The lowest BCUT2D eigenvalue weighted by Gasteiger charge is -2.25. The lowest BCUT2D eigenvalue weighted by molar-refractivity contribution is 0.324. The highest BCUT2D eigenvalue weighted by atomic mass is 19.1. The average molecular weight is 218 g/mol. The number of piperidine rings is 1. The van der Waals surface area contributed by atoms with Gasteiger partial charge in [-0.3, -0.25) is 0 Å². The van der Waals surface area contributed by atoms with Crippen LogP contribution in [0.2, 0.25) is 0 Å². The van der Waals surface area contributed by atoms with Gasteiger partial charge >= 0.3 is 0 Å². The van der Waals surface area contributed by atoms with Crippen molar-refractivity contribution < 1.29 is 4.39 Å².